The highest BCUT2D eigenvalue weighted by molar-refractivity contribution is 6.32. The second-order valence-electron chi connectivity index (χ2n) is 5.84. The minimum absolute atomic E-state index is 0.398. The minimum atomic E-state index is -0.398. The van der Waals surface area contributed by atoms with Gasteiger partial charge < -0.3 is 15.0 Å². The number of rotatable bonds is 5. The van der Waals surface area contributed by atoms with Gasteiger partial charge in [-0.1, -0.05) is 35.7 Å². The molecule has 118 valence electrons. The fourth-order valence-corrected chi connectivity index (χ4v) is 3.19. The number of benzene rings is 1. The van der Waals surface area contributed by atoms with Gasteiger partial charge in [-0.05, 0) is 37.0 Å². The Balaban J connectivity index is 1.65. The van der Waals surface area contributed by atoms with Crippen molar-refractivity contribution in [3.63, 3.8) is 0 Å². The van der Waals surface area contributed by atoms with Gasteiger partial charge in [-0.3, -0.25) is 0 Å². The van der Waals surface area contributed by atoms with Crippen molar-refractivity contribution in [3.05, 3.63) is 40.5 Å². The molecular formula is C16H20ClN3O2. The van der Waals surface area contributed by atoms with Crippen LogP contribution in [0.2, 0.25) is 5.02 Å². The van der Waals surface area contributed by atoms with Gasteiger partial charge in [-0.2, -0.15) is 4.98 Å². The number of nitrogens with zero attached hydrogens (tertiary/aromatic N) is 2. The Kier molecular flexibility index (Phi) is 4.36. The molecule has 1 heterocycles. The number of aromatic nitrogens is 2. The number of aryl methyl sites for hydroxylation is 2. The van der Waals surface area contributed by atoms with Crippen molar-refractivity contribution < 1.29 is 9.26 Å². The SMILES string of the molecule is COc1ccc(CCc2nc(C3(N)CCCC3)no2)cc1Cl. The summed E-state index contributed by atoms with van der Waals surface area (Å²) in [6.07, 6.45) is 5.57. The van der Waals surface area contributed by atoms with Crippen LogP contribution in [0.4, 0.5) is 0 Å². The monoisotopic (exact) mass is 321 g/mol. The quantitative estimate of drug-likeness (QED) is 0.915. The van der Waals surface area contributed by atoms with Crippen molar-refractivity contribution in [3.8, 4) is 5.75 Å². The zero-order valence-electron chi connectivity index (χ0n) is 12.6. The molecule has 1 aromatic heterocycles. The van der Waals surface area contributed by atoms with Crippen LogP contribution < -0.4 is 10.5 Å². The predicted octanol–water partition coefficient (Wildman–Crippen LogP) is 3.24. The molecule has 0 unspecified atom stereocenters. The Morgan fingerprint density at radius 3 is 2.77 bits per heavy atom. The van der Waals surface area contributed by atoms with Gasteiger partial charge in [0, 0.05) is 6.42 Å². The zero-order valence-corrected chi connectivity index (χ0v) is 13.4. The third-order valence-electron chi connectivity index (χ3n) is 4.25. The molecule has 2 N–H and O–H groups in total. The molecule has 0 bridgehead atoms. The lowest BCUT2D eigenvalue weighted by atomic mass is 9.99. The average Bonchev–Trinajstić information content (AvgIpc) is 3.15. The lowest BCUT2D eigenvalue weighted by molar-refractivity contribution is 0.348. The van der Waals surface area contributed by atoms with Gasteiger partial charge in [0.15, 0.2) is 5.82 Å². The van der Waals surface area contributed by atoms with Gasteiger partial charge in [0.1, 0.15) is 5.75 Å². The van der Waals surface area contributed by atoms with E-state index in [2.05, 4.69) is 10.1 Å². The highest BCUT2D eigenvalue weighted by Gasteiger charge is 2.35. The zero-order chi connectivity index (χ0) is 15.6. The Labute approximate surface area is 134 Å². The molecule has 1 aliphatic rings. The third kappa shape index (κ3) is 3.10. The molecule has 1 aliphatic carbocycles. The van der Waals surface area contributed by atoms with Gasteiger partial charge in [-0.25, -0.2) is 0 Å². The van der Waals surface area contributed by atoms with E-state index in [1.807, 2.05) is 18.2 Å². The van der Waals surface area contributed by atoms with Crippen molar-refractivity contribution in [2.45, 2.75) is 44.1 Å². The van der Waals surface area contributed by atoms with E-state index in [0.717, 1.165) is 37.7 Å². The van der Waals surface area contributed by atoms with Crippen LogP contribution in [-0.4, -0.2) is 17.3 Å². The van der Waals surface area contributed by atoms with E-state index >= 15 is 0 Å². The molecule has 22 heavy (non-hydrogen) atoms. The molecule has 0 aliphatic heterocycles. The average molecular weight is 322 g/mol. The summed E-state index contributed by atoms with van der Waals surface area (Å²) in [4.78, 5) is 4.47. The van der Waals surface area contributed by atoms with E-state index in [-0.39, 0.29) is 0 Å². The number of hydrogen-bond donors (Lipinski definition) is 1. The summed E-state index contributed by atoms with van der Waals surface area (Å²) in [6, 6.07) is 5.76. The van der Waals surface area contributed by atoms with Gasteiger partial charge in [0.2, 0.25) is 5.89 Å². The van der Waals surface area contributed by atoms with Crippen LogP contribution in [0.3, 0.4) is 0 Å². The van der Waals surface area contributed by atoms with E-state index in [1.165, 1.54) is 0 Å². The van der Waals surface area contributed by atoms with Crippen LogP contribution in [0, 0.1) is 0 Å². The predicted molar refractivity (Wildman–Crippen MR) is 84.0 cm³/mol. The van der Waals surface area contributed by atoms with Crippen LogP contribution in [0.1, 0.15) is 43.0 Å². The maximum absolute atomic E-state index is 6.34. The van der Waals surface area contributed by atoms with Gasteiger partial charge >= 0.3 is 0 Å². The van der Waals surface area contributed by atoms with E-state index in [0.29, 0.717) is 28.9 Å². The van der Waals surface area contributed by atoms with Crippen molar-refractivity contribution in [1.82, 2.24) is 10.1 Å². The van der Waals surface area contributed by atoms with Crippen molar-refractivity contribution >= 4 is 11.6 Å². The molecule has 5 nitrogen and oxygen atoms in total. The van der Waals surface area contributed by atoms with E-state index < -0.39 is 5.54 Å². The molecule has 1 fully saturated rings. The topological polar surface area (TPSA) is 74.2 Å². The largest absolute Gasteiger partial charge is 0.495 e. The number of hydrogen-bond acceptors (Lipinski definition) is 5. The first kappa shape index (κ1) is 15.3. The lowest BCUT2D eigenvalue weighted by Crippen LogP contribution is -2.34. The molecule has 6 heteroatoms. The second-order valence-corrected chi connectivity index (χ2v) is 6.25. The maximum Gasteiger partial charge on any atom is 0.227 e. The Bertz CT molecular complexity index is 651. The van der Waals surface area contributed by atoms with Crippen LogP contribution in [-0.2, 0) is 18.4 Å². The first-order chi connectivity index (χ1) is 10.6. The van der Waals surface area contributed by atoms with Gasteiger partial charge in [0.25, 0.3) is 0 Å². The highest BCUT2D eigenvalue weighted by atomic mass is 35.5. The molecule has 0 saturated heterocycles. The van der Waals surface area contributed by atoms with Crippen LogP contribution in [0.25, 0.3) is 0 Å². The summed E-state index contributed by atoms with van der Waals surface area (Å²) in [5.74, 6) is 1.95. The van der Waals surface area contributed by atoms with Crippen molar-refractivity contribution in [1.29, 1.82) is 0 Å². The first-order valence-electron chi connectivity index (χ1n) is 7.55. The summed E-state index contributed by atoms with van der Waals surface area (Å²) < 4.78 is 10.5. The van der Waals surface area contributed by atoms with Gasteiger partial charge in [0.05, 0.1) is 17.7 Å². The Morgan fingerprint density at radius 1 is 1.32 bits per heavy atom. The van der Waals surface area contributed by atoms with Crippen LogP contribution in [0.15, 0.2) is 22.7 Å². The summed E-state index contributed by atoms with van der Waals surface area (Å²) in [6.45, 7) is 0. The molecule has 2 aromatic rings. The van der Waals surface area contributed by atoms with Crippen LogP contribution in [0.5, 0.6) is 5.75 Å². The van der Waals surface area contributed by atoms with Crippen molar-refractivity contribution in [2.24, 2.45) is 5.73 Å². The summed E-state index contributed by atoms with van der Waals surface area (Å²) in [7, 11) is 1.60. The molecule has 1 saturated carbocycles. The van der Waals surface area contributed by atoms with E-state index in [4.69, 9.17) is 26.6 Å². The second kappa shape index (κ2) is 6.26. The lowest BCUT2D eigenvalue weighted by Gasteiger charge is -2.17. The fraction of sp³-hybridized carbons (Fsp3) is 0.500. The Hall–Kier alpha value is -1.59. The third-order valence-corrected chi connectivity index (χ3v) is 4.55. The molecule has 3 rings (SSSR count). The summed E-state index contributed by atoms with van der Waals surface area (Å²) in [5.41, 5.74) is 7.04. The highest BCUT2D eigenvalue weighted by Crippen LogP contribution is 2.34. The van der Waals surface area contributed by atoms with Gasteiger partial charge in [-0.15, -0.1) is 0 Å². The molecular weight excluding hydrogens is 302 g/mol. The maximum atomic E-state index is 6.34. The van der Waals surface area contributed by atoms with E-state index in [1.54, 1.807) is 7.11 Å². The number of nitrogens with two attached hydrogens (primary N) is 1. The fourth-order valence-electron chi connectivity index (χ4n) is 2.90. The molecule has 0 radical (unpaired) electrons. The van der Waals surface area contributed by atoms with E-state index in [9.17, 15) is 0 Å². The van der Waals surface area contributed by atoms with Crippen LogP contribution >= 0.6 is 11.6 Å². The first-order valence-corrected chi connectivity index (χ1v) is 7.93. The summed E-state index contributed by atoms with van der Waals surface area (Å²) >= 11 is 6.13. The molecule has 0 spiro atoms. The molecule has 0 atom stereocenters. The molecule has 0 amide bonds. The smallest absolute Gasteiger partial charge is 0.227 e. The number of ether oxygens (including phenoxy) is 1. The standard InChI is InChI=1S/C16H20ClN3O2/c1-21-13-6-4-11(10-12(13)17)5-7-14-19-15(20-22-14)16(18)8-2-3-9-16/h4,6,10H,2-3,5,7-9,18H2,1H3. The minimum Gasteiger partial charge on any atom is -0.495 e. The number of halogens is 1. The summed E-state index contributed by atoms with van der Waals surface area (Å²) in [5, 5.41) is 4.68. The molecule has 1 aromatic carbocycles. The normalized spacial score (nSPS) is 16.9. The number of methoxy groups -OCH3 is 1. The van der Waals surface area contributed by atoms with Crippen molar-refractivity contribution in [2.75, 3.05) is 7.11 Å². The Morgan fingerprint density at radius 2 is 2.09 bits per heavy atom.